The van der Waals surface area contributed by atoms with Crippen LogP contribution >= 0.6 is 23.2 Å². The van der Waals surface area contributed by atoms with Gasteiger partial charge in [0.25, 0.3) is 5.91 Å². The van der Waals surface area contributed by atoms with Crippen LogP contribution < -0.4 is 5.43 Å². The summed E-state index contributed by atoms with van der Waals surface area (Å²) >= 11 is 11.8. The minimum absolute atomic E-state index is 0.205. The van der Waals surface area contributed by atoms with Gasteiger partial charge in [0.2, 0.25) is 0 Å². The van der Waals surface area contributed by atoms with Crippen LogP contribution in [0.1, 0.15) is 41.4 Å². The first kappa shape index (κ1) is 17.5. The summed E-state index contributed by atoms with van der Waals surface area (Å²) in [6.07, 6.45) is 1.53. The molecule has 128 valence electrons. The van der Waals surface area contributed by atoms with Crippen LogP contribution in [-0.2, 0) is 0 Å². The van der Waals surface area contributed by atoms with Gasteiger partial charge in [-0.1, -0.05) is 61.3 Å². The molecule has 25 heavy (non-hydrogen) atoms. The highest BCUT2D eigenvalue weighted by atomic mass is 35.5. The standard InChI is InChI=1S/C19H17Cl2N3O/c1-11(2)17-13-5-3-4-6-16(13)23-18(17)19(25)24-22-10-12-7-8-14(20)15(21)9-12/h3-11,23H,1-2H3,(H,24,25). The van der Waals surface area contributed by atoms with E-state index in [0.29, 0.717) is 15.7 Å². The summed E-state index contributed by atoms with van der Waals surface area (Å²) in [4.78, 5) is 15.7. The molecule has 0 fully saturated rings. The fraction of sp³-hybridized carbons (Fsp3) is 0.158. The Morgan fingerprint density at radius 3 is 2.64 bits per heavy atom. The lowest BCUT2D eigenvalue weighted by molar-refractivity contribution is 0.0949. The zero-order valence-electron chi connectivity index (χ0n) is 13.8. The van der Waals surface area contributed by atoms with Gasteiger partial charge in [0, 0.05) is 10.9 Å². The number of aromatic nitrogens is 1. The van der Waals surface area contributed by atoms with Gasteiger partial charge in [-0.15, -0.1) is 0 Å². The van der Waals surface area contributed by atoms with Gasteiger partial charge in [-0.2, -0.15) is 5.10 Å². The van der Waals surface area contributed by atoms with Gasteiger partial charge in [-0.3, -0.25) is 4.79 Å². The molecule has 4 nitrogen and oxygen atoms in total. The number of hydrogen-bond acceptors (Lipinski definition) is 2. The third kappa shape index (κ3) is 3.70. The molecule has 0 spiro atoms. The molecule has 2 aromatic carbocycles. The summed E-state index contributed by atoms with van der Waals surface area (Å²) in [5, 5.41) is 5.98. The number of hydrazone groups is 1. The molecule has 1 heterocycles. The van der Waals surface area contributed by atoms with Crippen LogP contribution in [0.15, 0.2) is 47.6 Å². The second kappa shape index (κ2) is 7.30. The molecule has 3 rings (SSSR count). The molecule has 1 aromatic heterocycles. The van der Waals surface area contributed by atoms with E-state index >= 15 is 0 Å². The van der Waals surface area contributed by atoms with Crippen LogP contribution in [0.2, 0.25) is 10.0 Å². The van der Waals surface area contributed by atoms with Crippen LogP contribution in [0.3, 0.4) is 0 Å². The summed E-state index contributed by atoms with van der Waals surface area (Å²) in [5.74, 6) is -0.0767. The minimum atomic E-state index is -0.281. The number of halogens is 2. The fourth-order valence-corrected chi connectivity index (χ4v) is 3.06. The van der Waals surface area contributed by atoms with Gasteiger partial charge in [0.05, 0.1) is 16.3 Å². The van der Waals surface area contributed by atoms with Gasteiger partial charge >= 0.3 is 0 Å². The number of carbonyl (C=O) groups is 1. The Hall–Kier alpha value is -2.30. The van der Waals surface area contributed by atoms with Crippen molar-refractivity contribution < 1.29 is 4.79 Å². The number of para-hydroxylation sites is 1. The molecule has 2 N–H and O–H groups in total. The van der Waals surface area contributed by atoms with Crippen molar-refractivity contribution in [2.24, 2.45) is 5.10 Å². The molecule has 6 heteroatoms. The highest BCUT2D eigenvalue weighted by Gasteiger charge is 2.19. The molecular formula is C19H17Cl2N3O. The van der Waals surface area contributed by atoms with E-state index in [4.69, 9.17) is 23.2 Å². The van der Waals surface area contributed by atoms with Crippen molar-refractivity contribution in [2.45, 2.75) is 19.8 Å². The Kier molecular flexibility index (Phi) is 5.11. The Balaban J connectivity index is 1.83. The number of H-pyrrole nitrogens is 1. The number of carbonyl (C=O) groups excluding carboxylic acids is 1. The first-order chi connectivity index (χ1) is 12.0. The zero-order chi connectivity index (χ0) is 18.0. The third-order valence-corrected chi connectivity index (χ3v) is 4.61. The summed E-state index contributed by atoms with van der Waals surface area (Å²) < 4.78 is 0. The lowest BCUT2D eigenvalue weighted by Gasteiger charge is -2.07. The molecule has 0 bridgehead atoms. The SMILES string of the molecule is CC(C)c1c(C(=O)NN=Cc2ccc(Cl)c(Cl)c2)[nH]c2ccccc12. The zero-order valence-corrected chi connectivity index (χ0v) is 15.3. The first-order valence-corrected chi connectivity index (χ1v) is 8.62. The van der Waals surface area contributed by atoms with Crippen molar-refractivity contribution in [1.29, 1.82) is 0 Å². The van der Waals surface area contributed by atoms with Gasteiger partial charge in [0.1, 0.15) is 5.69 Å². The number of amides is 1. The predicted octanol–water partition coefficient (Wildman–Crippen LogP) is 5.36. The van der Waals surface area contributed by atoms with Crippen LogP contribution in [0.4, 0.5) is 0 Å². The molecule has 0 radical (unpaired) electrons. The van der Waals surface area contributed by atoms with Crippen LogP contribution in [0.25, 0.3) is 10.9 Å². The van der Waals surface area contributed by atoms with Gasteiger partial charge in [-0.05, 0) is 35.2 Å². The van der Waals surface area contributed by atoms with E-state index in [1.54, 1.807) is 18.2 Å². The molecule has 3 aromatic rings. The van der Waals surface area contributed by atoms with Crippen LogP contribution in [-0.4, -0.2) is 17.1 Å². The van der Waals surface area contributed by atoms with E-state index < -0.39 is 0 Å². The molecule has 0 aliphatic rings. The number of fused-ring (bicyclic) bond motifs is 1. The molecule has 1 amide bonds. The summed E-state index contributed by atoms with van der Waals surface area (Å²) in [6, 6.07) is 13.0. The molecule has 0 aliphatic heterocycles. The molecule has 0 saturated carbocycles. The highest BCUT2D eigenvalue weighted by molar-refractivity contribution is 6.42. The van der Waals surface area contributed by atoms with Gasteiger partial charge in [-0.25, -0.2) is 5.43 Å². The maximum absolute atomic E-state index is 12.5. The van der Waals surface area contributed by atoms with E-state index in [1.807, 2.05) is 24.3 Å². The summed E-state index contributed by atoms with van der Waals surface area (Å²) in [6.45, 7) is 4.12. The Labute approximate surface area is 155 Å². The van der Waals surface area contributed by atoms with E-state index in [9.17, 15) is 4.79 Å². The lowest BCUT2D eigenvalue weighted by Crippen LogP contribution is -2.19. The molecule has 0 saturated heterocycles. The van der Waals surface area contributed by atoms with E-state index in [2.05, 4.69) is 29.4 Å². The Morgan fingerprint density at radius 1 is 1.16 bits per heavy atom. The Morgan fingerprint density at radius 2 is 1.92 bits per heavy atom. The highest BCUT2D eigenvalue weighted by Crippen LogP contribution is 2.29. The molecule has 0 atom stereocenters. The maximum atomic E-state index is 12.5. The van der Waals surface area contributed by atoms with Crippen LogP contribution in [0, 0.1) is 0 Å². The number of benzene rings is 2. The van der Waals surface area contributed by atoms with Crippen molar-refractivity contribution >= 4 is 46.2 Å². The fourth-order valence-electron chi connectivity index (χ4n) is 2.76. The maximum Gasteiger partial charge on any atom is 0.288 e. The first-order valence-electron chi connectivity index (χ1n) is 7.86. The third-order valence-electron chi connectivity index (χ3n) is 3.87. The number of rotatable bonds is 4. The van der Waals surface area contributed by atoms with Gasteiger partial charge in [0.15, 0.2) is 0 Å². The topological polar surface area (TPSA) is 57.2 Å². The molecule has 0 aliphatic carbocycles. The number of hydrogen-bond donors (Lipinski definition) is 2. The van der Waals surface area contributed by atoms with Crippen molar-refractivity contribution in [3.63, 3.8) is 0 Å². The summed E-state index contributed by atoms with van der Waals surface area (Å²) in [5.41, 5.74) is 5.76. The minimum Gasteiger partial charge on any atom is -0.350 e. The predicted molar refractivity (Wildman–Crippen MR) is 104 cm³/mol. The number of aromatic amines is 1. The monoisotopic (exact) mass is 373 g/mol. The Bertz CT molecular complexity index is 960. The number of nitrogens with one attached hydrogen (secondary N) is 2. The van der Waals surface area contributed by atoms with E-state index in [-0.39, 0.29) is 11.8 Å². The van der Waals surface area contributed by atoms with Crippen molar-refractivity contribution in [3.05, 3.63) is 69.3 Å². The quantitative estimate of drug-likeness (QED) is 0.469. The van der Waals surface area contributed by atoms with Gasteiger partial charge < -0.3 is 4.98 Å². The average molecular weight is 374 g/mol. The molecular weight excluding hydrogens is 357 g/mol. The lowest BCUT2D eigenvalue weighted by atomic mass is 9.99. The number of nitrogens with zero attached hydrogens (tertiary/aromatic N) is 1. The van der Waals surface area contributed by atoms with E-state index in [0.717, 1.165) is 22.0 Å². The molecule has 0 unspecified atom stereocenters. The van der Waals surface area contributed by atoms with Crippen molar-refractivity contribution in [3.8, 4) is 0 Å². The summed E-state index contributed by atoms with van der Waals surface area (Å²) in [7, 11) is 0. The van der Waals surface area contributed by atoms with Crippen molar-refractivity contribution in [1.82, 2.24) is 10.4 Å². The second-order valence-corrected chi connectivity index (χ2v) is 6.80. The normalized spacial score (nSPS) is 11.6. The van der Waals surface area contributed by atoms with Crippen molar-refractivity contribution in [2.75, 3.05) is 0 Å². The average Bonchev–Trinajstić information content (AvgIpc) is 2.98. The van der Waals surface area contributed by atoms with Crippen LogP contribution in [0.5, 0.6) is 0 Å². The smallest absolute Gasteiger partial charge is 0.288 e. The second-order valence-electron chi connectivity index (χ2n) is 5.99. The largest absolute Gasteiger partial charge is 0.350 e. The van der Waals surface area contributed by atoms with E-state index in [1.165, 1.54) is 6.21 Å².